The number of carbonyl (C=O) groups is 1. The topological polar surface area (TPSA) is 97.8 Å². The monoisotopic (exact) mass is 503 g/mol. The van der Waals surface area contributed by atoms with Crippen LogP contribution in [0.4, 0.5) is 5.82 Å². The highest BCUT2D eigenvalue weighted by Gasteiger charge is 2.50. The first-order chi connectivity index (χ1) is 13.6. The molecule has 156 valence electrons. The Labute approximate surface area is 182 Å². The van der Waals surface area contributed by atoms with E-state index in [2.05, 4.69) is 26.3 Å². The van der Waals surface area contributed by atoms with E-state index >= 15 is 0 Å². The number of pyridine rings is 1. The summed E-state index contributed by atoms with van der Waals surface area (Å²) in [5, 5.41) is 1.62. The maximum Gasteiger partial charge on any atom is 0.330 e. The molecule has 1 aliphatic heterocycles. The zero-order chi connectivity index (χ0) is 21.2. The highest BCUT2D eigenvalue weighted by atomic mass is 79.9. The van der Waals surface area contributed by atoms with Crippen molar-refractivity contribution in [3.05, 3.63) is 53.2 Å². The van der Waals surface area contributed by atoms with Crippen LogP contribution in [0.2, 0.25) is 5.02 Å². The Bertz CT molecular complexity index is 1000. The van der Waals surface area contributed by atoms with Crippen LogP contribution in [0.5, 0.6) is 0 Å². The van der Waals surface area contributed by atoms with Gasteiger partial charge in [0.05, 0.1) is 16.5 Å². The molecule has 0 amide bonds. The Kier molecular flexibility index (Phi) is 6.49. The summed E-state index contributed by atoms with van der Waals surface area (Å²) < 4.78 is 34.4. The van der Waals surface area contributed by atoms with Crippen LogP contribution < -0.4 is 10.4 Å². The first kappa shape index (κ1) is 22.0. The van der Waals surface area contributed by atoms with Crippen molar-refractivity contribution in [2.24, 2.45) is 0 Å². The van der Waals surface area contributed by atoms with Gasteiger partial charge in [-0.05, 0) is 54.0 Å². The van der Waals surface area contributed by atoms with Gasteiger partial charge < -0.3 is 4.74 Å². The molecular formula is C18H19BrClN3O5S. The number of aromatic nitrogens is 1. The Hall–Kier alpha value is -1.72. The largest absolute Gasteiger partial charge is 0.464 e. The maximum absolute atomic E-state index is 12.7. The first-order valence-corrected chi connectivity index (χ1v) is 11.3. The summed E-state index contributed by atoms with van der Waals surface area (Å²) in [4.78, 5) is 16.7. The van der Waals surface area contributed by atoms with Gasteiger partial charge in [0, 0.05) is 12.6 Å². The van der Waals surface area contributed by atoms with E-state index in [1.54, 1.807) is 31.2 Å². The summed E-state index contributed by atoms with van der Waals surface area (Å²) in [6, 6.07) is 8.56. The minimum absolute atomic E-state index is 0.00858. The molecule has 0 bridgehead atoms. The lowest BCUT2D eigenvalue weighted by atomic mass is 10.2. The van der Waals surface area contributed by atoms with Crippen molar-refractivity contribution in [1.29, 1.82) is 0 Å². The molecular weight excluding hydrogens is 486 g/mol. The summed E-state index contributed by atoms with van der Waals surface area (Å²) in [6.45, 7) is 3.69. The lowest BCUT2D eigenvalue weighted by Gasteiger charge is -2.26. The fourth-order valence-corrected chi connectivity index (χ4v) is 5.06. The van der Waals surface area contributed by atoms with Crippen molar-refractivity contribution in [2.75, 3.05) is 11.6 Å². The normalized spacial score (nSPS) is 21.9. The molecule has 0 saturated carbocycles. The van der Waals surface area contributed by atoms with Crippen molar-refractivity contribution in [3.63, 3.8) is 0 Å². The lowest BCUT2D eigenvalue weighted by Crippen LogP contribution is -2.47. The third-order valence-electron chi connectivity index (χ3n) is 4.13. The summed E-state index contributed by atoms with van der Waals surface area (Å²) in [6.07, 6.45) is 1.42. The number of hydrogen-bond donors (Lipinski definition) is 1. The second-order valence-electron chi connectivity index (χ2n) is 6.34. The van der Waals surface area contributed by atoms with Crippen LogP contribution in [0.15, 0.2) is 47.5 Å². The first-order valence-electron chi connectivity index (χ1n) is 8.70. The Morgan fingerprint density at radius 2 is 2.07 bits per heavy atom. The van der Waals surface area contributed by atoms with E-state index in [1.807, 2.05) is 6.92 Å². The van der Waals surface area contributed by atoms with E-state index in [4.69, 9.17) is 20.5 Å². The van der Waals surface area contributed by atoms with Gasteiger partial charge in [0.1, 0.15) is 6.04 Å². The summed E-state index contributed by atoms with van der Waals surface area (Å²) in [5.74, 6) is -0.329. The van der Waals surface area contributed by atoms with Gasteiger partial charge in [-0.15, -0.1) is 0 Å². The molecule has 1 saturated heterocycles. The molecule has 0 aliphatic carbocycles. The third kappa shape index (κ3) is 4.89. The van der Waals surface area contributed by atoms with E-state index in [9.17, 15) is 13.2 Å². The molecule has 2 aromatic rings. The Morgan fingerprint density at radius 1 is 1.38 bits per heavy atom. The van der Waals surface area contributed by atoms with Crippen LogP contribution in [0.3, 0.4) is 0 Å². The van der Waals surface area contributed by atoms with Gasteiger partial charge in [-0.25, -0.2) is 14.0 Å². The molecule has 1 aliphatic rings. The molecule has 0 radical (unpaired) electrons. The van der Waals surface area contributed by atoms with E-state index in [0.29, 0.717) is 0 Å². The molecule has 3 rings (SSSR count). The molecule has 1 aromatic heterocycles. The second-order valence-corrected chi connectivity index (χ2v) is 9.58. The minimum atomic E-state index is -4.14. The highest BCUT2D eigenvalue weighted by Crippen LogP contribution is 2.38. The van der Waals surface area contributed by atoms with Crippen LogP contribution in [-0.4, -0.2) is 36.7 Å². The molecule has 1 N–H and O–H groups in total. The molecule has 2 atom stereocenters. The molecule has 8 nitrogen and oxygen atoms in total. The number of nitrogens with zero attached hydrogens (tertiary/aromatic N) is 2. The molecule has 2 unspecified atom stereocenters. The number of halogens is 2. The van der Waals surface area contributed by atoms with Crippen molar-refractivity contribution in [1.82, 2.24) is 10.4 Å². The average molecular weight is 505 g/mol. The minimum Gasteiger partial charge on any atom is -0.464 e. The standard InChI is InChI=1S/C18H19BrClN3O5S/c1-3-27-17(24)15-11-18(19,22-23(15)16-14(20)5-4-10-21-16)28-29(25,26)13-8-6-12(2)7-9-13/h4-10,15,22H,3,11H2,1-2H3. The van der Waals surface area contributed by atoms with Crippen molar-refractivity contribution in [2.45, 2.75) is 35.8 Å². The van der Waals surface area contributed by atoms with Crippen LogP contribution in [0, 0.1) is 6.92 Å². The predicted octanol–water partition coefficient (Wildman–Crippen LogP) is 3.14. The highest BCUT2D eigenvalue weighted by molar-refractivity contribution is 9.10. The van der Waals surface area contributed by atoms with Gasteiger partial charge in [0.15, 0.2) is 5.82 Å². The molecule has 1 aromatic carbocycles. The predicted molar refractivity (Wildman–Crippen MR) is 111 cm³/mol. The molecule has 2 heterocycles. The van der Waals surface area contributed by atoms with E-state index in [1.165, 1.54) is 23.3 Å². The number of aryl methyl sites for hydroxylation is 1. The number of alkyl halides is 1. The van der Waals surface area contributed by atoms with Crippen molar-refractivity contribution in [3.8, 4) is 0 Å². The summed E-state index contributed by atoms with van der Waals surface area (Å²) in [5.41, 5.74) is 3.76. The number of nitrogens with one attached hydrogen (secondary N) is 1. The zero-order valence-corrected chi connectivity index (χ0v) is 18.8. The van der Waals surface area contributed by atoms with Gasteiger partial charge in [0.25, 0.3) is 10.1 Å². The SMILES string of the molecule is CCOC(=O)C1CC(Br)(OS(=O)(=O)c2ccc(C)cc2)NN1c1ncccc1Cl. The van der Waals surface area contributed by atoms with Gasteiger partial charge in [-0.3, -0.25) is 5.01 Å². The summed E-state index contributed by atoms with van der Waals surface area (Å²) in [7, 11) is -4.14. The molecule has 29 heavy (non-hydrogen) atoms. The van der Waals surface area contributed by atoms with Crippen LogP contribution in [0.1, 0.15) is 18.9 Å². The van der Waals surface area contributed by atoms with Crippen LogP contribution in [-0.2, 0) is 23.8 Å². The van der Waals surface area contributed by atoms with E-state index in [0.717, 1.165) is 5.56 Å². The van der Waals surface area contributed by atoms with Crippen molar-refractivity contribution >= 4 is 49.4 Å². The van der Waals surface area contributed by atoms with Crippen molar-refractivity contribution < 1.29 is 22.1 Å². The number of hydrazine groups is 1. The fourth-order valence-electron chi connectivity index (χ4n) is 2.81. The maximum atomic E-state index is 12.7. The quantitative estimate of drug-likeness (QED) is 0.277. The number of carbonyl (C=O) groups excluding carboxylic acids is 1. The smallest absolute Gasteiger partial charge is 0.330 e. The molecule has 11 heteroatoms. The number of anilines is 1. The van der Waals surface area contributed by atoms with Gasteiger partial charge >= 0.3 is 5.97 Å². The van der Waals surface area contributed by atoms with Gasteiger partial charge in [-0.2, -0.15) is 13.8 Å². The lowest BCUT2D eigenvalue weighted by molar-refractivity contribution is -0.144. The van der Waals surface area contributed by atoms with Gasteiger partial charge in [0.2, 0.25) is 4.63 Å². The van der Waals surface area contributed by atoms with Gasteiger partial charge in [-0.1, -0.05) is 29.3 Å². The number of benzene rings is 1. The summed E-state index contributed by atoms with van der Waals surface area (Å²) >= 11 is 9.50. The van der Waals surface area contributed by atoms with Crippen LogP contribution >= 0.6 is 27.5 Å². The Morgan fingerprint density at radius 3 is 2.69 bits per heavy atom. The van der Waals surface area contributed by atoms with E-state index < -0.39 is 26.8 Å². The number of esters is 1. The second kappa shape index (κ2) is 8.57. The molecule has 0 spiro atoms. The third-order valence-corrected chi connectivity index (χ3v) is 6.66. The number of ether oxygens (including phenoxy) is 1. The fraction of sp³-hybridized carbons (Fsp3) is 0.333. The molecule has 1 fully saturated rings. The van der Waals surface area contributed by atoms with Crippen LogP contribution in [0.25, 0.3) is 0 Å². The number of rotatable bonds is 6. The van der Waals surface area contributed by atoms with E-state index in [-0.39, 0.29) is 28.8 Å². The zero-order valence-electron chi connectivity index (χ0n) is 15.6. The number of hydrogen-bond acceptors (Lipinski definition) is 8. The Balaban J connectivity index is 1.92. The average Bonchev–Trinajstić information content (AvgIpc) is 2.99.